The monoisotopic (exact) mass is 223 g/mol. The molecule has 6 heteroatoms. The summed E-state index contributed by atoms with van der Waals surface area (Å²) in [5.74, 6) is 3.45. The summed E-state index contributed by atoms with van der Waals surface area (Å²) in [7, 11) is 0. The lowest BCUT2D eigenvalue weighted by molar-refractivity contribution is 0.0505. The molecule has 0 aliphatic heterocycles. The molecule has 2 N–H and O–H groups in total. The maximum absolute atomic E-state index is 13.2. The van der Waals surface area contributed by atoms with Crippen molar-refractivity contribution in [1.29, 1.82) is 0 Å². The van der Waals surface area contributed by atoms with Gasteiger partial charge in [0.2, 0.25) is 0 Å². The van der Waals surface area contributed by atoms with Crippen molar-refractivity contribution in [2.24, 2.45) is 5.90 Å². The van der Waals surface area contributed by atoms with Gasteiger partial charge in [-0.25, -0.2) is 9.18 Å². The number of rotatable bonds is 2. The molecule has 0 fully saturated rings. The second-order valence-electron chi connectivity index (χ2n) is 3.28. The average molecular weight is 223 g/mol. The number of aromatic nitrogens is 2. The van der Waals surface area contributed by atoms with Gasteiger partial charge in [0.25, 0.3) is 0 Å². The molecular formula is C10H10FN3O2. The Hall–Kier alpha value is -1.95. The van der Waals surface area contributed by atoms with E-state index in [2.05, 4.69) is 9.94 Å². The molecule has 0 aliphatic rings. The normalized spacial score (nSPS) is 10.7. The van der Waals surface area contributed by atoms with Gasteiger partial charge in [0.1, 0.15) is 11.3 Å². The Morgan fingerprint density at radius 1 is 1.62 bits per heavy atom. The van der Waals surface area contributed by atoms with Crippen molar-refractivity contribution < 1.29 is 14.0 Å². The van der Waals surface area contributed by atoms with E-state index in [0.717, 1.165) is 6.07 Å². The molecule has 2 rings (SSSR count). The first-order valence-corrected chi connectivity index (χ1v) is 4.73. The van der Waals surface area contributed by atoms with Crippen molar-refractivity contribution >= 4 is 16.9 Å². The van der Waals surface area contributed by atoms with Crippen molar-refractivity contribution in [3.8, 4) is 0 Å². The third kappa shape index (κ3) is 1.63. The summed E-state index contributed by atoms with van der Waals surface area (Å²) in [6.07, 6.45) is 1.66. The summed E-state index contributed by atoms with van der Waals surface area (Å²) in [4.78, 5) is 15.4. The summed E-state index contributed by atoms with van der Waals surface area (Å²) in [6.45, 7) is 2.52. The quantitative estimate of drug-likeness (QED) is 0.777. The maximum Gasteiger partial charge on any atom is 0.359 e. The molecule has 84 valence electrons. The maximum atomic E-state index is 13.2. The Labute approximate surface area is 90.5 Å². The van der Waals surface area contributed by atoms with Crippen LogP contribution in [-0.4, -0.2) is 15.7 Å². The zero-order valence-electron chi connectivity index (χ0n) is 8.61. The van der Waals surface area contributed by atoms with E-state index in [1.807, 2.05) is 6.92 Å². The number of carbonyl (C=O) groups excluding carboxylic acids is 1. The lowest BCUT2D eigenvalue weighted by Gasteiger charge is -1.99. The SMILES string of the molecule is CCn1cc2cc(F)cc(C(=O)ON)c2n1. The molecule has 0 spiro atoms. The molecule has 0 radical (unpaired) electrons. The van der Waals surface area contributed by atoms with Crippen LogP contribution in [0.4, 0.5) is 4.39 Å². The third-order valence-electron chi connectivity index (χ3n) is 2.27. The van der Waals surface area contributed by atoms with Gasteiger partial charge in [0, 0.05) is 18.1 Å². The van der Waals surface area contributed by atoms with Gasteiger partial charge in [-0.05, 0) is 19.1 Å². The van der Waals surface area contributed by atoms with Crippen molar-refractivity contribution in [2.45, 2.75) is 13.5 Å². The molecule has 0 bridgehead atoms. The fourth-order valence-electron chi connectivity index (χ4n) is 1.53. The van der Waals surface area contributed by atoms with Crippen LogP contribution in [-0.2, 0) is 11.4 Å². The molecule has 0 saturated heterocycles. The number of nitrogens with two attached hydrogens (primary N) is 1. The smallest absolute Gasteiger partial charge is 0.359 e. The van der Waals surface area contributed by atoms with Gasteiger partial charge in [0.15, 0.2) is 0 Å². The molecule has 0 unspecified atom stereocenters. The topological polar surface area (TPSA) is 70.1 Å². The van der Waals surface area contributed by atoms with Gasteiger partial charge >= 0.3 is 5.97 Å². The van der Waals surface area contributed by atoms with Gasteiger partial charge in [0.05, 0.1) is 5.56 Å². The van der Waals surface area contributed by atoms with Crippen molar-refractivity contribution in [2.75, 3.05) is 0 Å². The van der Waals surface area contributed by atoms with Crippen molar-refractivity contribution in [3.05, 3.63) is 29.7 Å². The average Bonchev–Trinajstić information content (AvgIpc) is 2.69. The van der Waals surface area contributed by atoms with Crippen LogP contribution in [0.1, 0.15) is 17.3 Å². The largest absolute Gasteiger partial charge is 0.370 e. The second-order valence-corrected chi connectivity index (χ2v) is 3.28. The predicted molar refractivity (Wildman–Crippen MR) is 55.0 cm³/mol. The molecule has 0 aliphatic carbocycles. The highest BCUT2D eigenvalue weighted by Crippen LogP contribution is 2.19. The summed E-state index contributed by atoms with van der Waals surface area (Å²) in [6, 6.07) is 2.37. The summed E-state index contributed by atoms with van der Waals surface area (Å²) >= 11 is 0. The Kier molecular flexibility index (Phi) is 2.57. The predicted octanol–water partition coefficient (Wildman–Crippen LogP) is 1.23. The minimum Gasteiger partial charge on any atom is -0.370 e. The highest BCUT2D eigenvalue weighted by molar-refractivity contribution is 6.02. The molecule has 0 atom stereocenters. The van der Waals surface area contributed by atoms with E-state index >= 15 is 0 Å². The number of hydrogen-bond donors (Lipinski definition) is 1. The number of nitrogens with zero attached hydrogens (tertiary/aromatic N) is 2. The summed E-state index contributed by atoms with van der Waals surface area (Å²) in [5.41, 5.74) is 0.420. The number of carbonyl (C=O) groups is 1. The fourth-order valence-corrected chi connectivity index (χ4v) is 1.53. The van der Waals surface area contributed by atoms with Gasteiger partial charge in [-0.2, -0.15) is 11.0 Å². The molecule has 1 heterocycles. The zero-order chi connectivity index (χ0) is 11.7. The Bertz CT molecular complexity index is 550. The minimum atomic E-state index is -0.800. The number of benzene rings is 1. The van der Waals surface area contributed by atoms with Crippen LogP contribution in [0.15, 0.2) is 18.3 Å². The van der Waals surface area contributed by atoms with E-state index in [4.69, 9.17) is 5.90 Å². The van der Waals surface area contributed by atoms with E-state index in [1.54, 1.807) is 10.9 Å². The highest BCUT2D eigenvalue weighted by Gasteiger charge is 2.15. The van der Waals surface area contributed by atoms with E-state index in [1.165, 1.54) is 6.07 Å². The summed E-state index contributed by atoms with van der Waals surface area (Å²) in [5, 5.41) is 4.68. The van der Waals surface area contributed by atoms with Gasteiger partial charge < -0.3 is 4.84 Å². The molecule has 0 saturated carbocycles. The van der Waals surface area contributed by atoms with Crippen LogP contribution >= 0.6 is 0 Å². The minimum absolute atomic E-state index is 0.0321. The molecule has 16 heavy (non-hydrogen) atoms. The van der Waals surface area contributed by atoms with Gasteiger partial charge in [-0.1, -0.05) is 0 Å². The Balaban J connectivity index is 2.70. The van der Waals surface area contributed by atoms with E-state index < -0.39 is 11.8 Å². The van der Waals surface area contributed by atoms with Crippen LogP contribution < -0.4 is 5.90 Å². The Morgan fingerprint density at radius 2 is 2.38 bits per heavy atom. The van der Waals surface area contributed by atoms with Crippen LogP contribution in [0, 0.1) is 5.82 Å². The molecule has 5 nitrogen and oxygen atoms in total. The second kappa shape index (κ2) is 3.90. The third-order valence-corrected chi connectivity index (χ3v) is 2.27. The number of halogens is 1. The van der Waals surface area contributed by atoms with E-state index in [-0.39, 0.29) is 5.56 Å². The van der Waals surface area contributed by atoms with E-state index in [0.29, 0.717) is 17.4 Å². The molecule has 2 aromatic rings. The zero-order valence-corrected chi connectivity index (χ0v) is 8.61. The van der Waals surface area contributed by atoms with Crippen LogP contribution in [0.5, 0.6) is 0 Å². The number of fused-ring (bicyclic) bond motifs is 1. The first kappa shape index (κ1) is 10.6. The molecular weight excluding hydrogens is 213 g/mol. The van der Waals surface area contributed by atoms with E-state index in [9.17, 15) is 9.18 Å². The van der Waals surface area contributed by atoms with Crippen LogP contribution in [0.3, 0.4) is 0 Å². The Morgan fingerprint density at radius 3 is 3.00 bits per heavy atom. The highest BCUT2D eigenvalue weighted by atomic mass is 19.1. The van der Waals surface area contributed by atoms with Crippen LogP contribution in [0.25, 0.3) is 10.9 Å². The van der Waals surface area contributed by atoms with Crippen molar-refractivity contribution in [3.63, 3.8) is 0 Å². The molecule has 1 aromatic carbocycles. The standard InChI is InChI=1S/C10H10FN3O2/c1-2-14-5-6-3-7(11)4-8(9(6)13-14)10(15)16-12/h3-5H,2,12H2,1H3. The number of aryl methyl sites for hydroxylation is 1. The lowest BCUT2D eigenvalue weighted by atomic mass is 10.1. The fraction of sp³-hybridized carbons (Fsp3) is 0.200. The van der Waals surface area contributed by atoms with Crippen LogP contribution in [0.2, 0.25) is 0 Å². The molecule has 1 aromatic heterocycles. The van der Waals surface area contributed by atoms with Gasteiger partial charge in [-0.15, -0.1) is 0 Å². The lowest BCUT2D eigenvalue weighted by Crippen LogP contribution is -2.11. The number of hydrogen-bond acceptors (Lipinski definition) is 4. The molecule has 0 amide bonds. The first-order valence-electron chi connectivity index (χ1n) is 4.73. The van der Waals surface area contributed by atoms with Crippen molar-refractivity contribution in [1.82, 2.24) is 9.78 Å². The summed E-state index contributed by atoms with van der Waals surface area (Å²) < 4.78 is 14.8. The first-order chi connectivity index (χ1) is 7.65. The van der Waals surface area contributed by atoms with Gasteiger partial charge in [-0.3, -0.25) is 4.68 Å².